The first kappa shape index (κ1) is 15.4. The van der Waals surface area contributed by atoms with Gasteiger partial charge in [-0.1, -0.05) is 5.16 Å². The second kappa shape index (κ2) is 6.64. The van der Waals surface area contributed by atoms with Crippen LogP contribution in [0.1, 0.15) is 21.8 Å². The zero-order chi connectivity index (χ0) is 15.4. The Balaban J connectivity index is 2.09. The molecule has 0 saturated heterocycles. The third-order valence-corrected chi connectivity index (χ3v) is 3.73. The highest BCUT2D eigenvalue weighted by Gasteiger charge is 2.08. The smallest absolute Gasteiger partial charge is 0.170 e. The first-order valence-electron chi connectivity index (χ1n) is 6.35. The number of thiazole rings is 1. The number of benzene rings is 1. The van der Waals surface area contributed by atoms with Crippen molar-refractivity contribution in [3.05, 3.63) is 51.2 Å². The molecule has 0 unspecified atom stereocenters. The standard InChI is InChI=1S/C14H17FN4OS/c1-9-17-13(8-21-9)7-19(2)6-10-3-11(14(16)18-20)5-12(15)4-10/h3-5,8,20H,6-7H2,1-2H3,(H2,16,18). The van der Waals surface area contributed by atoms with Crippen LogP contribution in [0.3, 0.4) is 0 Å². The quantitative estimate of drug-likeness (QED) is 0.385. The van der Waals surface area contributed by atoms with Crippen LogP contribution in [0.25, 0.3) is 0 Å². The van der Waals surface area contributed by atoms with Gasteiger partial charge in [0.25, 0.3) is 0 Å². The lowest BCUT2D eigenvalue weighted by atomic mass is 10.1. The van der Waals surface area contributed by atoms with Crippen LogP contribution in [0.15, 0.2) is 28.7 Å². The topological polar surface area (TPSA) is 74.7 Å². The molecule has 2 rings (SSSR count). The summed E-state index contributed by atoms with van der Waals surface area (Å²) < 4.78 is 13.6. The van der Waals surface area contributed by atoms with Gasteiger partial charge in [-0.15, -0.1) is 11.3 Å². The fourth-order valence-corrected chi connectivity index (χ4v) is 2.68. The summed E-state index contributed by atoms with van der Waals surface area (Å²) in [6.45, 7) is 3.18. The number of amidine groups is 1. The molecule has 7 heteroatoms. The molecule has 0 spiro atoms. The predicted octanol–water partition coefficient (Wildman–Crippen LogP) is 2.32. The van der Waals surface area contributed by atoms with Gasteiger partial charge in [0.15, 0.2) is 5.84 Å². The minimum absolute atomic E-state index is 0.103. The summed E-state index contributed by atoms with van der Waals surface area (Å²) >= 11 is 1.61. The van der Waals surface area contributed by atoms with Gasteiger partial charge in [0.05, 0.1) is 10.7 Å². The Kier molecular flexibility index (Phi) is 4.87. The van der Waals surface area contributed by atoms with Crippen molar-refractivity contribution in [1.82, 2.24) is 9.88 Å². The van der Waals surface area contributed by atoms with E-state index >= 15 is 0 Å². The van der Waals surface area contributed by atoms with Gasteiger partial charge in [-0.3, -0.25) is 4.90 Å². The number of nitrogens with two attached hydrogens (primary N) is 1. The largest absolute Gasteiger partial charge is 0.409 e. The Bertz CT molecular complexity index is 656. The molecule has 21 heavy (non-hydrogen) atoms. The maximum atomic E-state index is 13.6. The summed E-state index contributed by atoms with van der Waals surface area (Å²) in [4.78, 5) is 6.43. The maximum Gasteiger partial charge on any atom is 0.170 e. The summed E-state index contributed by atoms with van der Waals surface area (Å²) in [5, 5.41) is 14.6. The number of hydrogen-bond donors (Lipinski definition) is 2. The number of aryl methyl sites for hydroxylation is 1. The van der Waals surface area contributed by atoms with Crippen molar-refractivity contribution in [2.75, 3.05) is 7.05 Å². The maximum absolute atomic E-state index is 13.6. The van der Waals surface area contributed by atoms with E-state index in [0.717, 1.165) is 16.3 Å². The molecule has 1 aromatic carbocycles. The summed E-state index contributed by atoms with van der Waals surface area (Å²) in [6.07, 6.45) is 0. The second-order valence-electron chi connectivity index (χ2n) is 4.86. The van der Waals surface area contributed by atoms with E-state index in [-0.39, 0.29) is 5.84 Å². The van der Waals surface area contributed by atoms with Gasteiger partial charge in [0.1, 0.15) is 5.82 Å². The van der Waals surface area contributed by atoms with Crippen molar-refractivity contribution in [1.29, 1.82) is 0 Å². The molecule has 0 aliphatic carbocycles. The summed E-state index contributed by atoms with van der Waals surface area (Å²) in [5.41, 5.74) is 7.62. The monoisotopic (exact) mass is 308 g/mol. The molecule has 2 aromatic rings. The molecule has 1 heterocycles. The van der Waals surface area contributed by atoms with Crippen LogP contribution in [-0.4, -0.2) is 28.0 Å². The van der Waals surface area contributed by atoms with Crippen molar-refractivity contribution in [3.63, 3.8) is 0 Å². The molecule has 112 valence electrons. The Hall–Kier alpha value is -1.99. The third-order valence-electron chi connectivity index (χ3n) is 2.91. The second-order valence-corrected chi connectivity index (χ2v) is 5.93. The van der Waals surface area contributed by atoms with Gasteiger partial charge < -0.3 is 10.9 Å². The summed E-state index contributed by atoms with van der Waals surface area (Å²) in [6, 6.07) is 4.39. The van der Waals surface area contributed by atoms with Gasteiger partial charge in [-0.2, -0.15) is 0 Å². The minimum Gasteiger partial charge on any atom is -0.409 e. The molecule has 0 bridgehead atoms. The Labute approximate surface area is 126 Å². The molecule has 3 N–H and O–H groups in total. The van der Waals surface area contributed by atoms with Gasteiger partial charge in [0, 0.05) is 24.0 Å². The number of halogens is 1. The first-order valence-corrected chi connectivity index (χ1v) is 7.23. The van der Waals surface area contributed by atoms with Crippen LogP contribution < -0.4 is 5.73 Å². The molecule has 0 amide bonds. The lowest BCUT2D eigenvalue weighted by molar-refractivity contribution is 0.315. The SMILES string of the molecule is Cc1nc(CN(C)Cc2cc(F)cc(/C(N)=N/O)c2)cs1. The molecule has 5 nitrogen and oxygen atoms in total. The number of nitrogens with zero attached hydrogens (tertiary/aromatic N) is 3. The highest BCUT2D eigenvalue weighted by molar-refractivity contribution is 7.09. The average Bonchev–Trinajstić information content (AvgIpc) is 2.82. The van der Waals surface area contributed by atoms with E-state index in [4.69, 9.17) is 10.9 Å². The number of aromatic nitrogens is 1. The van der Waals surface area contributed by atoms with E-state index < -0.39 is 5.82 Å². The van der Waals surface area contributed by atoms with Crippen molar-refractivity contribution in [3.8, 4) is 0 Å². The van der Waals surface area contributed by atoms with E-state index in [1.54, 1.807) is 17.4 Å². The predicted molar refractivity (Wildman–Crippen MR) is 80.9 cm³/mol. The minimum atomic E-state index is -0.410. The Morgan fingerprint density at radius 1 is 1.43 bits per heavy atom. The molecule has 0 radical (unpaired) electrons. The fourth-order valence-electron chi connectivity index (χ4n) is 2.07. The van der Waals surface area contributed by atoms with Crippen LogP contribution in [0.4, 0.5) is 4.39 Å². The van der Waals surface area contributed by atoms with Crippen LogP contribution in [-0.2, 0) is 13.1 Å². The molecule has 0 fully saturated rings. The first-order chi connectivity index (χ1) is 9.97. The van der Waals surface area contributed by atoms with E-state index in [9.17, 15) is 4.39 Å². The van der Waals surface area contributed by atoms with Crippen LogP contribution >= 0.6 is 11.3 Å². The van der Waals surface area contributed by atoms with E-state index in [1.807, 2.05) is 24.3 Å². The van der Waals surface area contributed by atoms with Crippen LogP contribution in [0.2, 0.25) is 0 Å². The zero-order valence-electron chi connectivity index (χ0n) is 11.9. The van der Waals surface area contributed by atoms with Gasteiger partial charge in [-0.05, 0) is 37.7 Å². The molecule has 0 aliphatic rings. The molecule has 0 aliphatic heterocycles. The van der Waals surface area contributed by atoms with E-state index in [0.29, 0.717) is 18.7 Å². The lowest BCUT2D eigenvalue weighted by Crippen LogP contribution is -2.19. The van der Waals surface area contributed by atoms with Gasteiger partial charge in [0.2, 0.25) is 0 Å². The van der Waals surface area contributed by atoms with Crippen molar-refractivity contribution >= 4 is 17.2 Å². The van der Waals surface area contributed by atoms with Gasteiger partial charge >= 0.3 is 0 Å². The third kappa shape index (κ3) is 4.24. The van der Waals surface area contributed by atoms with Gasteiger partial charge in [-0.25, -0.2) is 9.37 Å². The number of hydrogen-bond acceptors (Lipinski definition) is 5. The average molecular weight is 308 g/mol. The fraction of sp³-hybridized carbons (Fsp3) is 0.286. The zero-order valence-corrected chi connectivity index (χ0v) is 12.7. The van der Waals surface area contributed by atoms with Crippen LogP contribution in [0, 0.1) is 12.7 Å². The molecular weight excluding hydrogens is 291 g/mol. The Morgan fingerprint density at radius 2 is 2.19 bits per heavy atom. The molecule has 0 atom stereocenters. The molecule has 1 aromatic heterocycles. The highest BCUT2D eigenvalue weighted by Crippen LogP contribution is 2.14. The summed E-state index contributed by atoms with van der Waals surface area (Å²) in [5.74, 6) is -0.513. The molecular formula is C14H17FN4OS. The highest BCUT2D eigenvalue weighted by atomic mass is 32.1. The van der Waals surface area contributed by atoms with E-state index in [2.05, 4.69) is 10.1 Å². The van der Waals surface area contributed by atoms with Crippen LogP contribution in [0.5, 0.6) is 0 Å². The summed E-state index contributed by atoms with van der Waals surface area (Å²) in [7, 11) is 1.93. The van der Waals surface area contributed by atoms with Crippen molar-refractivity contribution < 1.29 is 9.60 Å². The Morgan fingerprint density at radius 3 is 2.81 bits per heavy atom. The lowest BCUT2D eigenvalue weighted by Gasteiger charge is -2.16. The normalized spacial score (nSPS) is 12.1. The number of oxime groups is 1. The van der Waals surface area contributed by atoms with Crippen molar-refractivity contribution in [2.24, 2.45) is 10.9 Å². The number of rotatable bonds is 5. The molecule has 0 saturated carbocycles. The van der Waals surface area contributed by atoms with E-state index in [1.165, 1.54) is 12.1 Å². The van der Waals surface area contributed by atoms with Crippen molar-refractivity contribution in [2.45, 2.75) is 20.0 Å².